The number of fused-ring (bicyclic) bond motifs is 6. The molecule has 7 heteroatoms. The lowest BCUT2D eigenvalue weighted by atomic mass is 9.62. The van der Waals surface area contributed by atoms with E-state index in [0.717, 1.165) is 71.9 Å². The van der Waals surface area contributed by atoms with Crippen LogP contribution < -0.4 is 10.3 Å². The maximum absolute atomic E-state index is 14.7. The van der Waals surface area contributed by atoms with Crippen LogP contribution in [-0.4, -0.2) is 32.0 Å². The third-order valence-electron chi connectivity index (χ3n) is 8.13. The van der Waals surface area contributed by atoms with Crippen LogP contribution in [0.15, 0.2) is 58.5 Å². The highest BCUT2D eigenvalue weighted by atomic mass is 32.2. The first-order chi connectivity index (χ1) is 18.2. The fraction of sp³-hybridized carbons (Fsp3) is 0.433. The van der Waals surface area contributed by atoms with Crippen LogP contribution in [0.5, 0.6) is 5.75 Å². The molecule has 0 atom stereocenters. The predicted molar refractivity (Wildman–Crippen MR) is 149 cm³/mol. The summed E-state index contributed by atoms with van der Waals surface area (Å²) in [6.07, 6.45) is 10.0. The van der Waals surface area contributed by atoms with Crippen LogP contribution in [0, 0.1) is 0 Å². The maximum Gasteiger partial charge on any atom is 0.263 e. The van der Waals surface area contributed by atoms with Crippen molar-refractivity contribution >= 4 is 17.5 Å². The Morgan fingerprint density at radius 3 is 2.68 bits per heavy atom. The normalized spacial score (nSPS) is 16.1. The number of hydrogen-bond donors (Lipinski definition) is 0. The van der Waals surface area contributed by atoms with E-state index in [1.165, 1.54) is 24.8 Å². The van der Waals surface area contributed by atoms with E-state index in [-0.39, 0.29) is 11.0 Å². The molecule has 0 bridgehead atoms. The van der Waals surface area contributed by atoms with E-state index in [2.05, 4.69) is 45.8 Å². The third-order valence-corrected chi connectivity index (χ3v) is 9.14. The minimum Gasteiger partial charge on any atom is -0.497 e. The van der Waals surface area contributed by atoms with Crippen molar-refractivity contribution in [3.8, 4) is 22.7 Å². The molecule has 2 aromatic heterocycles. The molecule has 2 heterocycles. The van der Waals surface area contributed by atoms with Crippen molar-refractivity contribution in [3.63, 3.8) is 0 Å². The molecule has 6 nitrogen and oxygen atoms in total. The molecule has 4 aromatic rings. The van der Waals surface area contributed by atoms with Gasteiger partial charge in [-0.25, -0.2) is 4.57 Å². The zero-order chi connectivity index (χ0) is 25.4. The lowest BCUT2D eigenvalue weighted by Gasteiger charge is -2.42. The lowest BCUT2D eigenvalue weighted by Crippen LogP contribution is -2.43. The van der Waals surface area contributed by atoms with Crippen molar-refractivity contribution in [2.75, 3.05) is 12.9 Å². The Balaban J connectivity index is 1.69. The van der Waals surface area contributed by atoms with E-state index in [1.54, 1.807) is 23.4 Å². The largest absolute Gasteiger partial charge is 0.497 e. The summed E-state index contributed by atoms with van der Waals surface area (Å²) in [4.78, 5) is 14.7. The summed E-state index contributed by atoms with van der Waals surface area (Å²) in [5.74, 6) is 2.26. The predicted octanol–water partition coefficient (Wildman–Crippen LogP) is 6.60. The van der Waals surface area contributed by atoms with Crippen LogP contribution in [0.2, 0.25) is 0 Å². The van der Waals surface area contributed by atoms with Gasteiger partial charge in [0, 0.05) is 28.4 Å². The highest BCUT2D eigenvalue weighted by Gasteiger charge is 2.44. The fourth-order valence-electron chi connectivity index (χ4n) is 6.36. The van der Waals surface area contributed by atoms with Gasteiger partial charge in [0.15, 0.2) is 5.16 Å². The Morgan fingerprint density at radius 1 is 1.03 bits per heavy atom. The number of unbranched alkanes of at least 4 members (excludes halogenated alkanes) is 2. The van der Waals surface area contributed by atoms with Gasteiger partial charge < -0.3 is 4.74 Å². The van der Waals surface area contributed by atoms with Crippen LogP contribution in [-0.2, 0) is 11.8 Å². The summed E-state index contributed by atoms with van der Waals surface area (Å²) in [6, 6.07) is 16.3. The first-order valence-corrected chi connectivity index (χ1v) is 14.6. The highest BCUT2D eigenvalue weighted by Crippen LogP contribution is 2.49. The molecule has 192 valence electrons. The molecule has 0 saturated heterocycles. The number of benzene rings is 2. The maximum atomic E-state index is 14.7. The molecule has 1 saturated carbocycles. The van der Waals surface area contributed by atoms with Gasteiger partial charge in [-0.15, -0.1) is 10.2 Å². The van der Waals surface area contributed by atoms with Crippen molar-refractivity contribution in [2.45, 2.75) is 75.3 Å². The molecule has 0 unspecified atom stereocenters. The third kappa shape index (κ3) is 4.08. The summed E-state index contributed by atoms with van der Waals surface area (Å²) in [7, 11) is 1.65. The quantitative estimate of drug-likeness (QED) is 0.205. The average Bonchev–Trinajstić information content (AvgIpc) is 3.34. The van der Waals surface area contributed by atoms with Gasteiger partial charge in [-0.05, 0) is 43.4 Å². The minimum absolute atomic E-state index is 0.0297. The van der Waals surface area contributed by atoms with Crippen molar-refractivity contribution in [1.82, 2.24) is 19.2 Å². The van der Waals surface area contributed by atoms with Crippen molar-refractivity contribution in [3.05, 3.63) is 70.0 Å². The number of rotatable bonds is 7. The monoisotopic (exact) mass is 514 g/mol. The Kier molecular flexibility index (Phi) is 6.57. The lowest BCUT2D eigenvalue weighted by molar-refractivity contribution is 0.284. The first-order valence-electron chi connectivity index (χ1n) is 13.6. The van der Waals surface area contributed by atoms with E-state index in [1.807, 2.05) is 24.3 Å². The van der Waals surface area contributed by atoms with Gasteiger partial charge >= 0.3 is 0 Å². The first kappa shape index (κ1) is 24.3. The zero-order valence-corrected chi connectivity index (χ0v) is 22.5. The summed E-state index contributed by atoms with van der Waals surface area (Å²) < 4.78 is 9.47. The number of nitrogens with zero attached hydrogens (tertiary/aromatic N) is 4. The second-order valence-electron chi connectivity index (χ2n) is 10.4. The standard InChI is InChI=1S/C30H34N4O2S/c1-3-4-10-18-37-29-32-31-28-33(22-13-11-14-23(19-22)36-2)27(35)25-26(34(28)29)24-15-7-6-12-21(24)20-30(25)16-8-5-9-17-30/h6-7,11-15,19H,3-5,8-10,16-18,20H2,1-2H3. The summed E-state index contributed by atoms with van der Waals surface area (Å²) in [5, 5.41) is 10.2. The van der Waals surface area contributed by atoms with Crippen molar-refractivity contribution in [1.29, 1.82) is 0 Å². The van der Waals surface area contributed by atoms with Crippen molar-refractivity contribution < 1.29 is 4.74 Å². The van der Waals surface area contributed by atoms with Gasteiger partial charge in [-0.1, -0.05) is 81.1 Å². The Labute approximate surface area is 222 Å². The minimum atomic E-state index is -0.164. The topological polar surface area (TPSA) is 61.4 Å². The van der Waals surface area contributed by atoms with Gasteiger partial charge in [-0.2, -0.15) is 0 Å². The van der Waals surface area contributed by atoms with Crippen LogP contribution in [0.3, 0.4) is 0 Å². The zero-order valence-electron chi connectivity index (χ0n) is 21.7. The number of thioether (sulfide) groups is 1. The molecule has 2 aromatic carbocycles. The van der Waals surface area contributed by atoms with E-state index in [0.29, 0.717) is 11.5 Å². The second-order valence-corrected chi connectivity index (χ2v) is 11.5. The van der Waals surface area contributed by atoms with Crippen LogP contribution in [0.4, 0.5) is 0 Å². The van der Waals surface area contributed by atoms with Crippen molar-refractivity contribution in [2.24, 2.45) is 0 Å². The van der Waals surface area contributed by atoms with Gasteiger partial charge in [0.25, 0.3) is 5.56 Å². The fourth-order valence-corrected chi connectivity index (χ4v) is 7.29. The number of aromatic nitrogens is 4. The number of hydrogen-bond acceptors (Lipinski definition) is 5. The number of methoxy groups -OCH3 is 1. The van der Waals surface area contributed by atoms with Crippen LogP contribution in [0.1, 0.15) is 69.4 Å². The Hall–Kier alpha value is -3.06. The SMILES string of the molecule is CCCCCSc1nnc2n(-c3cccc(OC)c3)c(=O)c3c(n12)-c1ccccc1CC31CCCCC1. The van der Waals surface area contributed by atoms with E-state index >= 15 is 0 Å². The van der Waals surface area contributed by atoms with E-state index in [4.69, 9.17) is 4.74 Å². The average molecular weight is 515 g/mol. The van der Waals surface area contributed by atoms with Gasteiger partial charge in [-0.3, -0.25) is 9.20 Å². The molecular weight excluding hydrogens is 480 g/mol. The summed E-state index contributed by atoms with van der Waals surface area (Å²) in [5.41, 5.74) is 5.04. The summed E-state index contributed by atoms with van der Waals surface area (Å²) >= 11 is 1.75. The molecule has 2 aliphatic carbocycles. The van der Waals surface area contributed by atoms with E-state index in [9.17, 15) is 4.79 Å². The van der Waals surface area contributed by atoms with Crippen LogP contribution in [0.25, 0.3) is 22.7 Å². The van der Waals surface area contributed by atoms with Gasteiger partial charge in [0.2, 0.25) is 5.78 Å². The molecule has 2 aliphatic rings. The molecule has 6 rings (SSSR count). The molecule has 1 fully saturated rings. The molecule has 0 amide bonds. The smallest absolute Gasteiger partial charge is 0.263 e. The molecule has 0 aliphatic heterocycles. The molecule has 1 spiro atoms. The highest BCUT2D eigenvalue weighted by molar-refractivity contribution is 7.99. The number of ether oxygens (including phenoxy) is 1. The molecule has 0 N–H and O–H groups in total. The van der Waals surface area contributed by atoms with Crippen LogP contribution >= 0.6 is 11.8 Å². The molecule has 0 radical (unpaired) electrons. The second kappa shape index (κ2) is 10.0. The van der Waals surface area contributed by atoms with Gasteiger partial charge in [0.05, 0.1) is 18.5 Å². The van der Waals surface area contributed by atoms with Gasteiger partial charge in [0.1, 0.15) is 5.75 Å². The Bertz CT molecular complexity index is 1500. The summed E-state index contributed by atoms with van der Waals surface area (Å²) in [6.45, 7) is 2.22. The molecule has 37 heavy (non-hydrogen) atoms. The Morgan fingerprint density at radius 2 is 1.86 bits per heavy atom. The molecular formula is C30H34N4O2S. The van der Waals surface area contributed by atoms with E-state index < -0.39 is 0 Å².